The first-order valence-corrected chi connectivity index (χ1v) is 5.10. The minimum absolute atomic E-state index is 0.0170. The van der Waals surface area contributed by atoms with Crippen molar-refractivity contribution in [2.45, 2.75) is 0 Å². The molecule has 0 atom stereocenters. The number of halogens is 3. The van der Waals surface area contributed by atoms with E-state index in [1.165, 1.54) is 13.1 Å². The minimum Gasteiger partial charge on any atom is -0.370 e. The second kappa shape index (κ2) is 5.20. The quantitative estimate of drug-likeness (QED) is 0.608. The zero-order valence-electron chi connectivity index (χ0n) is 8.75. The van der Waals surface area contributed by atoms with Gasteiger partial charge >= 0.3 is 6.03 Å². The van der Waals surface area contributed by atoms with Gasteiger partial charge in [-0.3, -0.25) is 4.90 Å². The molecule has 0 heterocycles. The summed E-state index contributed by atoms with van der Waals surface area (Å²) in [4.78, 5) is 15.6. The molecule has 0 aliphatic heterocycles. The van der Waals surface area contributed by atoms with E-state index < -0.39 is 17.8 Å². The smallest absolute Gasteiger partial charge is 0.351 e. The molecule has 5 nitrogen and oxygen atoms in total. The third-order valence-corrected chi connectivity index (χ3v) is 2.34. The summed E-state index contributed by atoms with van der Waals surface area (Å²) in [5.41, 5.74) is 9.94. The molecular weight excluding hydrogens is 270 g/mol. The average molecular weight is 279 g/mol. The van der Waals surface area contributed by atoms with Crippen molar-refractivity contribution in [3.63, 3.8) is 0 Å². The fourth-order valence-corrected chi connectivity index (χ4v) is 1.73. The number of hydrogen-bond acceptors (Lipinski definition) is 1. The van der Waals surface area contributed by atoms with Crippen LogP contribution in [0.4, 0.5) is 14.9 Å². The molecule has 0 aromatic heterocycles. The zero-order chi connectivity index (χ0) is 13.2. The van der Waals surface area contributed by atoms with Crippen LogP contribution in [0.15, 0.2) is 17.1 Å². The predicted molar refractivity (Wildman–Crippen MR) is 66.0 cm³/mol. The lowest BCUT2D eigenvalue weighted by molar-refractivity contribution is 0.255. The summed E-state index contributed by atoms with van der Waals surface area (Å²) in [5.74, 6) is -1.17. The normalized spacial score (nSPS) is 9.88. The van der Waals surface area contributed by atoms with Crippen LogP contribution in [0.5, 0.6) is 0 Å². The molecule has 0 saturated carbocycles. The SMILES string of the molecule is CN(C(=O)N=C(N)N)c1c(F)cc(Cl)cc1Cl. The molecule has 92 valence electrons. The highest BCUT2D eigenvalue weighted by Gasteiger charge is 2.18. The van der Waals surface area contributed by atoms with Crippen LogP contribution in [-0.4, -0.2) is 19.0 Å². The third-order valence-electron chi connectivity index (χ3n) is 1.83. The Kier molecular flexibility index (Phi) is 4.14. The van der Waals surface area contributed by atoms with Crippen molar-refractivity contribution in [3.05, 3.63) is 28.0 Å². The van der Waals surface area contributed by atoms with Gasteiger partial charge in [-0.1, -0.05) is 23.2 Å². The van der Waals surface area contributed by atoms with Crippen molar-refractivity contribution in [2.75, 3.05) is 11.9 Å². The summed E-state index contributed by atoms with van der Waals surface area (Å²) >= 11 is 11.4. The molecule has 0 radical (unpaired) electrons. The molecule has 17 heavy (non-hydrogen) atoms. The maximum Gasteiger partial charge on any atom is 0.351 e. The summed E-state index contributed by atoms with van der Waals surface area (Å²) < 4.78 is 13.6. The summed E-state index contributed by atoms with van der Waals surface area (Å²) in [6.45, 7) is 0. The summed E-state index contributed by atoms with van der Waals surface area (Å²) in [6, 6.07) is 1.50. The standard InChI is InChI=1S/C9H9Cl2FN4O/c1-16(9(17)15-8(13)14)7-5(11)2-4(10)3-6(7)12/h2-3H,1H3,(H4,13,14,15,17). The third kappa shape index (κ3) is 3.21. The Hall–Kier alpha value is -1.53. The number of guanidine groups is 1. The maximum atomic E-state index is 13.6. The van der Waals surface area contributed by atoms with Gasteiger partial charge in [0.2, 0.25) is 0 Å². The van der Waals surface area contributed by atoms with Crippen molar-refractivity contribution in [2.24, 2.45) is 16.5 Å². The fraction of sp³-hybridized carbons (Fsp3) is 0.111. The first kappa shape index (κ1) is 13.5. The van der Waals surface area contributed by atoms with Crippen LogP contribution in [0.25, 0.3) is 0 Å². The van der Waals surface area contributed by atoms with E-state index in [9.17, 15) is 9.18 Å². The Labute approximate surface area is 107 Å². The Bertz CT molecular complexity index is 465. The van der Waals surface area contributed by atoms with Crippen LogP contribution in [0.2, 0.25) is 10.0 Å². The minimum atomic E-state index is -0.840. The van der Waals surface area contributed by atoms with Crippen molar-refractivity contribution in [1.82, 2.24) is 0 Å². The van der Waals surface area contributed by atoms with E-state index in [-0.39, 0.29) is 15.7 Å². The summed E-state index contributed by atoms with van der Waals surface area (Å²) in [6.07, 6.45) is 0. The molecule has 8 heteroatoms. The Morgan fingerprint density at radius 3 is 2.47 bits per heavy atom. The van der Waals surface area contributed by atoms with E-state index in [1.54, 1.807) is 0 Å². The van der Waals surface area contributed by atoms with Gasteiger partial charge in [-0.25, -0.2) is 9.18 Å². The number of nitrogens with two attached hydrogens (primary N) is 2. The first-order chi connectivity index (χ1) is 7.82. The zero-order valence-corrected chi connectivity index (χ0v) is 10.3. The van der Waals surface area contributed by atoms with Gasteiger partial charge in [0.25, 0.3) is 0 Å². The second-order valence-corrected chi connectivity index (χ2v) is 3.94. The van der Waals surface area contributed by atoms with Crippen LogP contribution >= 0.6 is 23.2 Å². The lowest BCUT2D eigenvalue weighted by Gasteiger charge is -2.17. The molecule has 0 fully saturated rings. The van der Waals surface area contributed by atoms with Gasteiger partial charge in [-0.2, -0.15) is 4.99 Å². The summed E-state index contributed by atoms with van der Waals surface area (Å²) in [7, 11) is 1.28. The molecule has 1 rings (SSSR count). The van der Waals surface area contributed by atoms with Gasteiger partial charge in [0.15, 0.2) is 5.96 Å². The van der Waals surface area contributed by atoms with Gasteiger partial charge < -0.3 is 11.5 Å². The number of benzene rings is 1. The molecule has 0 bridgehead atoms. The molecule has 0 unspecified atom stereocenters. The van der Waals surface area contributed by atoms with Gasteiger partial charge in [0, 0.05) is 12.1 Å². The Balaban J connectivity index is 3.17. The van der Waals surface area contributed by atoms with Crippen LogP contribution in [0.1, 0.15) is 0 Å². The highest BCUT2D eigenvalue weighted by Crippen LogP contribution is 2.31. The number of hydrogen-bond donors (Lipinski definition) is 2. The lowest BCUT2D eigenvalue weighted by Crippen LogP contribution is -2.30. The molecule has 0 aliphatic rings. The van der Waals surface area contributed by atoms with E-state index in [1.807, 2.05) is 0 Å². The number of carbonyl (C=O) groups is 1. The maximum absolute atomic E-state index is 13.6. The van der Waals surface area contributed by atoms with Gasteiger partial charge in [0.05, 0.1) is 10.7 Å². The number of rotatable bonds is 1. The number of carbonyl (C=O) groups excluding carboxylic acids is 1. The van der Waals surface area contributed by atoms with E-state index >= 15 is 0 Å². The molecule has 0 saturated heterocycles. The van der Waals surface area contributed by atoms with E-state index in [0.29, 0.717) is 0 Å². The van der Waals surface area contributed by atoms with E-state index in [4.69, 9.17) is 34.7 Å². The fourth-order valence-electron chi connectivity index (χ4n) is 1.14. The molecule has 4 N–H and O–H groups in total. The molecule has 0 spiro atoms. The first-order valence-electron chi connectivity index (χ1n) is 4.34. The summed E-state index contributed by atoms with van der Waals surface area (Å²) in [5, 5.41) is 0.107. The van der Waals surface area contributed by atoms with Crippen LogP contribution in [0, 0.1) is 5.82 Å². The van der Waals surface area contributed by atoms with Gasteiger partial charge in [-0.15, -0.1) is 0 Å². The molecule has 2 amide bonds. The largest absolute Gasteiger partial charge is 0.370 e. The number of amides is 2. The van der Waals surface area contributed by atoms with E-state index in [2.05, 4.69) is 4.99 Å². The van der Waals surface area contributed by atoms with Crippen molar-refractivity contribution in [3.8, 4) is 0 Å². The topological polar surface area (TPSA) is 84.7 Å². The van der Waals surface area contributed by atoms with Crippen LogP contribution in [0.3, 0.4) is 0 Å². The van der Waals surface area contributed by atoms with Gasteiger partial charge in [-0.05, 0) is 12.1 Å². The second-order valence-electron chi connectivity index (χ2n) is 3.10. The Morgan fingerprint density at radius 2 is 2.00 bits per heavy atom. The Morgan fingerprint density at radius 1 is 1.41 bits per heavy atom. The van der Waals surface area contributed by atoms with Gasteiger partial charge in [0.1, 0.15) is 5.82 Å². The molecule has 1 aromatic rings. The highest BCUT2D eigenvalue weighted by atomic mass is 35.5. The molecule has 0 aliphatic carbocycles. The number of aliphatic imine (C=N–C) groups is 1. The van der Waals surface area contributed by atoms with Crippen molar-refractivity contribution >= 4 is 40.9 Å². The van der Waals surface area contributed by atoms with Crippen LogP contribution in [-0.2, 0) is 0 Å². The van der Waals surface area contributed by atoms with Crippen molar-refractivity contribution in [1.29, 1.82) is 0 Å². The van der Waals surface area contributed by atoms with Crippen LogP contribution < -0.4 is 16.4 Å². The van der Waals surface area contributed by atoms with Crippen molar-refractivity contribution < 1.29 is 9.18 Å². The molecular formula is C9H9Cl2FN4O. The molecule has 1 aromatic carbocycles. The number of nitrogens with zero attached hydrogens (tertiary/aromatic N) is 2. The monoisotopic (exact) mass is 278 g/mol. The number of anilines is 1. The van der Waals surface area contributed by atoms with E-state index in [0.717, 1.165) is 11.0 Å². The highest BCUT2D eigenvalue weighted by molar-refractivity contribution is 6.36. The lowest BCUT2D eigenvalue weighted by atomic mass is 10.3. The predicted octanol–water partition coefficient (Wildman–Crippen LogP) is 1.96. The average Bonchev–Trinajstić information content (AvgIpc) is 2.14. The number of urea groups is 1.